The number of hydrogen-bond acceptors (Lipinski definition) is 5. The number of nitrogens with one attached hydrogen (secondary N) is 1. The number of rotatable bonds is 9. The number of H-pyrrole nitrogens is 1. The first-order valence-corrected chi connectivity index (χ1v) is 12.0. The average Bonchev–Trinajstić information content (AvgIpc) is 3.54. The van der Waals surface area contributed by atoms with E-state index in [2.05, 4.69) is 49.4 Å². The third kappa shape index (κ3) is 5.19. The van der Waals surface area contributed by atoms with E-state index in [4.69, 9.17) is 0 Å². The van der Waals surface area contributed by atoms with Crippen LogP contribution in [-0.2, 0) is 6.42 Å². The topological polar surface area (TPSA) is 73.2 Å². The molecule has 2 N–H and O–H groups in total. The van der Waals surface area contributed by atoms with Crippen LogP contribution in [0.2, 0.25) is 0 Å². The molecule has 0 amide bonds. The van der Waals surface area contributed by atoms with Crippen molar-refractivity contribution in [1.82, 2.24) is 29.5 Å². The van der Waals surface area contributed by atoms with Crippen LogP contribution in [0.25, 0.3) is 16.6 Å². The molecule has 1 saturated heterocycles. The largest absolute Gasteiger partial charge is 0.396 e. The van der Waals surface area contributed by atoms with Crippen LogP contribution in [0.4, 0.5) is 4.39 Å². The number of fused-ring (bicyclic) bond motifs is 1. The Bertz CT molecular complexity index is 1200. The van der Waals surface area contributed by atoms with E-state index in [1.807, 2.05) is 10.6 Å². The number of aryl methyl sites for hydroxylation is 1. The van der Waals surface area contributed by atoms with Crippen LogP contribution < -0.4 is 0 Å². The minimum absolute atomic E-state index is 0.0351. The summed E-state index contributed by atoms with van der Waals surface area (Å²) in [5.41, 5.74) is 4.42. The van der Waals surface area contributed by atoms with Gasteiger partial charge in [0.1, 0.15) is 18.5 Å². The summed E-state index contributed by atoms with van der Waals surface area (Å²) in [6, 6.07) is 13.0. The number of aromatic amines is 1. The summed E-state index contributed by atoms with van der Waals surface area (Å²) < 4.78 is 15.5. The molecule has 2 aromatic heterocycles. The second kappa shape index (κ2) is 10.5. The Labute approximate surface area is 198 Å². The number of hydrogen-bond donors (Lipinski definition) is 2. The fourth-order valence-electron chi connectivity index (χ4n) is 4.90. The monoisotopic (exact) mass is 462 g/mol. The van der Waals surface area contributed by atoms with Gasteiger partial charge in [-0.3, -0.25) is 4.57 Å². The molecular weight excluding hydrogens is 431 g/mol. The molecule has 1 atom stereocenters. The minimum Gasteiger partial charge on any atom is -0.396 e. The first-order chi connectivity index (χ1) is 16.7. The van der Waals surface area contributed by atoms with Gasteiger partial charge in [0.25, 0.3) is 0 Å². The highest BCUT2D eigenvalue weighted by molar-refractivity contribution is 5.85. The summed E-state index contributed by atoms with van der Waals surface area (Å²) in [6.45, 7) is 5.85. The third-order valence-electron chi connectivity index (χ3n) is 6.87. The van der Waals surface area contributed by atoms with E-state index in [1.54, 1.807) is 18.7 Å². The quantitative estimate of drug-likeness (QED) is 0.400. The Morgan fingerprint density at radius 1 is 1.00 bits per heavy atom. The number of halogens is 1. The van der Waals surface area contributed by atoms with E-state index in [1.165, 1.54) is 23.1 Å². The van der Waals surface area contributed by atoms with Crippen molar-refractivity contribution in [3.8, 4) is 5.69 Å². The number of benzene rings is 2. The Hall–Kier alpha value is -3.07. The van der Waals surface area contributed by atoms with Gasteiger partial charge in [-0.2, -0.15) is 0 Å². The standard InChI is InChI=1S/C26H31FN6O/c27-23-5-1-3-20(13-23)22(17-34)16-32-11-9-31(10-12-32)8-2-4-21-15-28-26-7-6-24(14-25(21)26)33-18-29-30-19-33/h1,3,5-7,13-15,18-19,22,28,34H,2,4,8-12,16-17H2. The predicted octanol–water partition coefficient (Wildman–Crippen LogP) is 3.21. The van der Waals surface area contributed by atoms with Gasteiger partial charge >= 0.3 is 0 Å². The number of aromatic nitrogens is 4. The molecule has 0 spiro atoms. The van der Waals surface area contributed by atoms with Crippen LogP contribution in [0, 0.1) is 5.82 Å². The number of aliphatic hydroxyl groups is 1. The summed E-state index contributed by atoms with van der Waals surface area (Å²) in [4.78, 5) is 8.29. The zero-order chi connectivity index (χ0) is 23.3. The highest BCUT2D eigenvalue weighted by Crippen LogP contribution is 2.23. The first kappa shape index (κ1) is 22.7. The first-order valence-electron chi connectivity index (χ1n) is 12.0. The summed E-state index contributed by atoms with van der Waals surface area (Å²) >= 11 is 0. The zero-order valence-electron chi connectivity index (χ0n) is 19.3. The van der Waals surface area contributed by atoms with Crippen molar-refractivity contribution in [2.45, 2.75) is 18.8 Å². The summed E-state index contributed by atoms with van der Waals surface area (Å²) in [5, 5.41) is 18.9. The molecule has 1 unspecified atom stereocenters. The van der Waals surface area contributed by atoms with Gasteiger partial charge in [-0.05, 0) is 60.8 Å². The van der Waals surface area contributed by atoms with Crippen molar-refractivity contribution in [2.75, 3.05) is 45.9 Å². The molecule has 5 rings (SSSR count). The van der Waals surface area contributed by atoms with Crippen molar-refractivity contribution >= 4 is 10.9 Å². The highest BCUT2D eigenvalue weighted by Gasteiger charge is 2.21. The van der Waals surface area contributed by atoms with Gasteiger partial charge < -0.3 is 19.9 Å². The molecule has 3 heterocycles. The zero-order valence-corrected chi connectivity index (χ0v) is 19.3. The Morgan fingerprint density at radius 2 is 1.79 bits per heavy atom. The van der Waals surface area contributed by atoms with Gasteiger partial charge in [0.2, 0.25) is 0 Å². The fourth-order valence-corrected chi connectivity index (χ4v) is 4.90. The van der Waals surface area contributed by atoms with Crippen LogP contribution >= 0.6 is 0 Å². The molecule has 2 aromatic carbocycles. The molecule has 0 saturated carbocycles. The number of nitrogens with zero attached hydrogens (tertiary/aromatic N) is 5. The predicted molar refractivity (Wildman–Crippen MR) is 131 cm³/mol. The van der Waals surface area contributed by atoms with Crippen LogP contribution in [-0.4, -0.2) is 80.5 Å². The summed E-state index contributed by atoms with van der Waals surface area (Å²) in [7, 11) is 0. The maximum atomic E-state index is 13.6. The van der Waals surface area contributed by atoms with Crippen LogP contribution in [0.15, 0.2) is 61.3 Å². The van der Waals surface area contributed by atoms with E-state index in [0.717, 1.165) is 68.9 Å². The molecule has 0 radical (unpaired) electrons. The number of aliphatic hydroxyl groups excluding tert-OH is 1. The van der Waals surface area contributed by atoms with E-state index >= 15 is 0 Å². The molecule has 7 nitrogen and oxygen atoms in total. The molecule has 0 aliphatic carbocycles. The summed E-state index contributed by atoms with van der Waals surface area (Å²) in [5.74, 6) is -0.293. The van der Waals surface area contributed by atoms with Crippen molar-refractivity contribution in [1.29, 1.82) is 0 Å². The van der Waals surface area contributed by atoms with E-state index in [0.29, 0.717) is 0 Å². The second-order valence-electron chi connectivity index (χ2n) is 9.09. The van der Waals surface area contributed by atoms with Gasteiger partial charge in [0, 0.05) is 61.4 Å². The lowest BCUT2D eigenvalue weighted by Gasteiger charge is -2.36. The molecule has 178 valence electrons. The van der Waals surface area contributed by atoms with Gasteiger partial charge in [0.15, 0.2) is 0 Å². The molecule has 1 aliphatic heterocycles. The lowest BCUT2D eigenvalue weighted by molar-refractivity contribution is 0.115. The van der Waals surface area contributed by atoms with Gasteiger partial charge in [-0.25, -0.2) is 4.39 Å². The van der Waals surface area contributed by atoms with Crippen LogP contribution in [0.5, 0.6) is 0 Å². The van der Waals surface area contributed by atoms with Crippen molar-refractivity contribution in [3.05, 3.63) is 78.3 Å². The molecule has 34 heavy (non-hydrogen) atoms. The summed E-state index contributed by atoms with van der Waals surface area (Å²) in [6.07, 6.45) is 7.69. The van der Waals surface area contributed by atoms with Crippen molar-refractivity contribution in [2.24, 2.45) is 0 Å². The van der Waals surface area contributed by atoms with Gasteiger partial charge in [0.05, 0.1) is 6.61 Å². The second-order valence-corrected chi connectivity index (χ2v) is 9.09. The lowest BCUT2D eigenvalue weighted by Crippen LogP contribution is -2.48. The smallest absolute Gasteiger partial charge is 0.123 e. The SMILES string of the molecule is OCC(CN1CCN(CCCc2c[nH]c3ccc(-n4cnnc4)cc23)CC1)c1cccc(F)c1. The van der Waals surface area contributed by atoms with Crippen LogP contribution in [0.3, 0.4) is 0 Å². The Kier molecular flexibility index (Phi) is 6.99. The molecule has 1 fully saturated rings. The maximum Gasteiger partial charge on any atom is 0.123 e. The van der Waals surface area contributed by atoms with E-state index < -0.39 is 0 Å². The molecular formula is C26H31FN6O. The van der Waals surface area contributed by atoms with Crippen molar-refractivity contribution in [3.63, 3.8) is 0 Å². The minimum atomic E-state index is -0.245. The molecule has 4 aromatic rings. The van der Waals surface area contributed by atoms with E-state index in [-0.39, 0.29) is 18.3 Å². The van der Waals surface area contributed by atoms with Gasteiger partial charge in [-0.1, -0.05) is 12.1 Å². The third-order valence-corrected chi connectivity index (χ3v) is 6.87. The Balaban J connectivity index is 1.11. The lowest BCUT2D eigenvalue weighted by atomic mass is 9.99. The molecule has 0 bridgehead atoms. The highest BCUT2D eigenvalue weighted by atomic mass is 19.1. The average molecular weight is 463 g/mol. The van der Waals surface area contributed by atoms with Crippen LogP contribution in [0.1, 0.15) is 23.5 Å². The Morgan fingerprint density at radius 3 is 2.56 bits per heavy atom. The normalized spacial score (nSPS) is 16.3. The fraction of sp³-hybridized carbons (Fsp3) is 0.385. The van der Waals surface area contributed by atoms with Gasteiger partial charge in [-0.15, -0.1) is 10.2 Å². The maximum absolute atomic E-state index is 13.6. The van der Waals surface area contributed by atoms with Crippen molar-refractivity contribution < 1.29 is 9.50 Å². The molecule has 1 aliphatic rings. The number of piperazine rings is 1. The molecule has 8 heteroatoms. The van der Waals surface area contributed by atoms with E-state index in [9.17, 15) is 9.50 Å².